The third-order valence-electron chi connectivity index (χ3n) is 5.47. The van der Waals surface area contributed by atoms with E-state index in [-0.39, 0.29) is 11.9 Å². The fourth-order valence-electron chi connectivity index (χ4n) is 3.68. The first-order chi connectivity index (χ1) is 13.9. The van der Waals surface area contributed by atoms with Gasteiger partial charge in [0.1, 0.15) is 6.04 Å². The van der Waals surface area contributed by atoms with Crippen molar-refractivity contribution in [3.63, 3.8) is 0 Å². The predicted molar refractivity (Wildman–Crippen MR) is 113 cm³/mol. The molecule has 1 aromatic carbocycles. The van der Waals surface area contributed by atoms with Gasteiger partial charge in [0.15, 0.2) is 0 Å². The Bertz CT molecular complexity index is 1060. The van der Waals surface area contributed by atoms with Crippen LogP contribution in [0, 0.1) is 13.8 Å². The summed E-state index contributed by atoms with van der Waals surface area (Å²) in [4.78, 5) is 18.8. The van der Waals surface area contributed by atoms with E-state index in [1.54, 1.807) is 0 Å². The van der Waals surface area contributed by atoms with E-state index in [2.05, 4.69) is 57.9 Å². The Labute approximate surface area is 170 Å². The minimum absolute atomic E-state index is 0.00266. The average Bonchev–Trinajstić information content (AvgIpc) is 3.13. The van der Waals surface area contributed by atoms with Crippen molar-refractivity contribution < 1.29 is 4.79 Å². The largest absolute Gasteiger partial charge is 0.361 e. The number of hydrogen-bond acceptors (Lipinski definition) is 5. The normalized spacial score (nSPS) is 15.9. The molecule has 150 valence electrons. The molecule has 7 nitrogen and oxygen atoms in total. The van der Waals surface area contributed by atoms with Crippen LogP contribution in [0.15, 0.2) is 36.5 Å². The van der Waals surface area contributed by atoms with Gasteiger partial charge in [0.25, 0.3) is 0 Å². The van der Waals surface area contributed by atoms with Crippen LogP contribution in [0.25, 0.3) is 0 Å². The van der Waals surface area contributed by atoms with E-state index in [1.165, 1.54) is 11.1 Å². The van der Waals surface area contributed by atoms with E-state index in [4.69, 9.17) is 0 Å². The van der Waals surface area contributed by atoms with E-state index in [0.29, 0.717) is 6.54 Å². The monoisotopic (exact) mass is 390 g/mol. The van der Waals surface area contributed by atoms with Crippen molar-refractivity contribution in [2.75, 3.05) is 17.3 Å². The Balaban J connectivity index is 1.45. The quantitative estimate of drug-likeness (QED) is 0.725. The van der Waals surface area contributed by atoms with Gasteiger partial charge in [-0.1, -0.05) is 35.0 Å². The fourth-order valence-corrected chi connectivity index (χ4v) is 3.68. The van der Waals surface area contributed by atoms with Crippen molar-refractivity contribution in [2.24, 2.45) is 0 Å². The molecule has 1 amide bonds. The number of hydrogen-bond donors (Lipinski definition) is 1. The molecule has 0 spiro atoms. The average molecular weight is 390 g/mol. The van der Waals surface area contributed by atoms with Gasteiger partial charge in [-0.05, 0) is 45.2 Å². The molecule has 0 saturated heterocycles. The molecular formula is C22H26N6O. The van der Waals surface area contributed by atoms with Crippen LogP contribution in [0.3, 0.4) is 0 Å². The Morgan fingerprint density at radius 2 is 1.93 bits per heavy atom. The molecule has 0 unspecified atom stereocenters. The summed E-state index contributed by atoms with van der Waals surface area (Å²) in [6.45, 7) is 6.64. The Morgan fingerprint density at radius 1 is 1.14 bits per heavy atom. The summed E-state index contributed by atoms with van der Waals surface area (Å²) in [6, 6.07) is 10.3. The predicted octanol–water partition coefficient (Wildman–Crippen LogP) is 2.90. The number of pyridine rings is 1. The molecule has 0 saturated carbocycles. The third kappa shape index (κ3) is 3.99. The molecule has 0 fully saturated rings. The van der Waals surface area contributed by atoms with Crippen molar-refractivity contribution in [3.05, 3.63) is 64.7 Å². The van der Waals surface area contributed by atoms with Crippen LogP contribution in [-0.2, 0) is 24.2 Å². The van der Waals surface area contributed by atoms with E-state index < -0.39 is 0 Å². The lowest BCUT2D eigenvalue weighted by Gasteiger charge is -2.34. The van der Waals surface area contributed by atoms with E-state index in [1.807, 2.05) is 36.7 Å². The van der Waals surface area contributed by atoms with Crippen LogP contribution < -0.4 is 10.2 Å². The number of amides is 1. The summed E-state index contributed by atoms with van der Waals surface area (Å²) >= 11 is 0. The number of aromatic nitrogens is 4. The molecule has 1 aliphatic rings. The van der Waals surface area contributed by atoms with Gasteiger partial charge in [-0.2, -0.15) is 0 Å². The molecule has 1 atom stereocenters. The molecule has 3 aromatic rings. The maximum Gasteiger partial charge on any atom is 0.246 e. The van der Waals surface area contributed by atoms with Gasteiger partial charge in [0, 0.05) is 18.9 Å². The lowest BCUT2D eigenvalue weighted by atomic mass is 10.1. The zero-order valence-corrected chi connectivity index (χ0v) is 17.3. The summed E-state index contributed by atoms with van der Waals surface area (Å²) < 4.78 is 1.88. The molecule has 0 aliphatic carbocycles. The number of rotatable bonds is 5. The van der Waals surface area contributed by atoms with Crippen LogP contribution in [0.4, 0.5) is 11.4 Å². The first-order valence-electron chi connectivity index (χ1n) is 9.89. The molecule has 0 bridgehead atoms. The topological polar surface area (TPSA) is 75.9 Å². The van der Waals surface area contributed by atoms with Crippen molar-refractivity contribution in [1.82, 2.24) is 20.0 Å². The molecule has 1 aliphatic heterocycles. The van der Waals surface area contributed by atoms with E-state index in [9.17, 15) is 4.79 Å². The molecular weight excluding hydrogens is 364 g/mol. The first-order valence-corrected chi connectivity index (χ1v) is 9.89. The SMILES string of the molecule is Cc1cccc(Cn2cc(CCc3cc4c(c(C)n3)NC(=O)[C@H](C)N4C)nn2)c1. The summed E-state index contributed by atoms with van der Waals surface area (Å²) in [6.07, 6.45) is 3.54. The number of fused-ring (bicyclic) bond motifs is 1. The first kappa shape index (κ1) is 19.1. The third-order valence-corrected chi connectivity index (χ3v) is 5.47. The number of likely N-dealkylation sites (N-methyl/N-ethyl adjacent to an activating group) is 1. The highest BCUT2D eigenvalue weighted by atomic mass is 16.2. The van der Waals surface area contributed by atoms with Crippen LogP contribution in [0.2, 0.25) is 0 Å². The van der Waals surface area contributed by atoms with Gasteiger partial charge < -0.3 is 10.2 Å². The smallest absolute Gasteiger partial charge is 0.246 e. The number of benzene rings is 1. The van der Waals surface area contributed by atoms with E-state index >= 15 is 0 Å². The number of nitrogens with zero attached hydrogens (tertiary/aromatic N) is 5. The minimum atomic E-state index is -0.196. The summed E-state index contributed by atoms with van der Waals surface area (Å²) in [5, 5.41) is 11.5. The Kier molecular flexibility index (Phi) is 5.05. The fraction of sp³-hybridized carbons (Fsp3) is 0.364. The van der Waals surface area contributed by atoms with Crippen molar-refractivity contribution in [3.8, 4) is 0 Å². The number of carbonyl (C=O) groups is 1. The Hall–Kier alpha value is -3.22. The van der Waals surface area contributed by atoms with Gasteiger partial charge in [-0.25, -0.2) is 4.68 Å². The van der Waals surface area contributed by atoms with Crippen LogP contribution in [-0.4, -0.2) is 39.0 Å². The molecule has 4 rings (SSSR count). The van der Waals surface area contributed by atoms with Gasteiger partial charge in [0.2, 0.25) is 5.91 Å². The van der Waals surface area contributed by atoms with Crippen molar-refractivity contribution in [2.45, 2.75) is 46.2 Å². The highest BCUT2D eigenvalue weighted by Crippen LogP contribution is 2.33. The molecule has 7 heteroatoms. The van der Waals surface area contributed by atoms with Gasteiger partial charge in [-0.3, -0.25) is 9.78 Å². The molecule has 1 N–H and O–H groups in total. The van der Waals surface area contributed by atoms with Crippen molar-refractivity contribution >= 4 is 17.3 Å². The molecule has 3 heterocycles. The maximum absolute atomic E-state index is 12.1. The minimum Gasteiger partial charge on any atom is -0.361 e. The number of anilines is 2. The summed E-state index contributed by atoms with van der Waals surface area (Å²) in [5.41, 5.74) is 7.06. The molecule has 29 heavy (non-hydrogen) atoms. The number of carbonyl (C=O) groups excluding carboxylic acids is 1. The number of nitrogens with one attached hydrogen (secondary N) is 1. The van der Waals surface area contributed by atoms with Gasteiger partial charge in [-0.15, -0.1) is 5.10 Å². The lowest BCUT2D eigenvalue weighted by Crippen LogP contribution is -2.44. The summed E-state index contributed by atoms with van der Waals surface area (Å²) in [5.74, 6) is 0.00266. The second kappa shape index (κ2) is 7.66. The second-order valence-corrected chi connectivity index (χ2v) is 7.77. The second-order valence-electron chi connectivity index (χ2n) is 7.77. The number of aryl methyl sites for hydroxylation is 4. The zero-order chi connectivity index (χ0) is 20.5. The molecule has 2 aromatic heterocycles. The molecule has 0 radical (unpaired) electrons. The van der Waals surface area contributed by atoms with Gasteiger partial charge >= 0.3 is 0 Å². The lowest BCUT2D eigenvalue weighted by molar-refractivity contribution is -0.117. The Morgan fingerprint density at radius 3 is 2.72 bits per heavy atom. The standard InChI is InChI=1S/C22H26N6O/c1-14-6-5-7-17(10-14)12-28-13-19(25-26-28)9-8-18-11-20-21(15(2)23-18)24-22(29)16(3)27(20)4/h5-7,10-11,13,16H,8-9,12H2,1-4H3,(H,24,29)/t16-/m0/s1. The van der Waals surface area contributed by atoms with Crippen LogP contribution >= 0.6 is 0 Å². The zero-order valence-electron chi connectivity index (χ0n) is 17.3. The summed E-state index contributed by atoms with van der Waals surface area (Å²) in [7, 11) is 1.95. The highest BCUT2D eigenvalue weighted by molar-refractivity contribution is 6.03. The van der Waals surface area contributed by atoms with Crippen molar-refractivity contribution in [1.29, 1.82) is 0 Å². The van der Waals surface area contributed by atoms with Crippen LogP contribution in [0.1, 0.15) is 35.1 Å². The van der Waals surface area contributed by atoms with E-state index in [0.717, 1.165) is 41.3 Å². The highest BCUT2D eigenvalue weighted by Gasteiger charge is 2.28. The van der Waals surface area contributed by atoms with Crippen LogP contribution in [0.5, 0.6) is 0 Å². The maximum atomic E-state index is 12.1. The van der Waals surface area contributed by atoms with Gasteiger partial charge in [0.05, 0.1) is 29.3 Å².